The van der Waals surface area contributed by atoms with Gasteiger partial charge in [-0.1, -0.05) is 279 Å². The Morgan fingerprint density at radius 1 is 0.196 bits per heavy atom. The van der Waals surface area contributed by atoms with Crippen LogP contribution in [0.2, 0.25) is 0 Å². The molecule has 0 atom stereocenters. The molecule has 0 aliphatic heterocycles. The first-order chi connectivity index (χ1) is 45.6. The maximum absolute atomic E-state index is 5.25. The second-order valence-corrected chi connectivity index (χ2v) is 23.9. The van der Waals surface area contributed by atoms with Crippen LogP contribution in [0.1, 0.15) is 0 Å². The van der Waals surface area contributed by atoms with Gasteiger partial charge in [0.1, 0.15) is 11.6 Å². The average Bonchev–Trinajstić information content (AvgIpc) is 0.937. The van der Waals surface area contributed by atoms with Crippen LogP contribution in [0.25, 0.3) is 177 Å². The van der Waals surface area contributed by atoms with Crippen molar-refractivity contribution in [2.24, 2.45) is 0 Å². The van der Waals surface area contributed by atoms with Gasteiger partial charge < -0.3 is 0 Å². The number of aromatic nitrogens is 4. The monoisotopic (exact) mass is 1170 g/mol. The van der Waals surface area contributed by atoms with Gasteiger partial charge in [0, 0.05) is 22.5 Å². The number of benzene rings is 16. The molecule has 0 amide bonds. The summed E-state index contributed by atoms with van der Waals surface area (Å²) in [6, 6.07) is 124. The fraction of sp³-hybridized carbons (Fsp3) is 0. The van der Waals surface area contributed by atoms with Gasteiger partial charge in [-0.15, -0.1) is 0 Å². The summed E-state index contributed by atoms with van der Waals surface area (Å²) in [6.45, 7) is 0. The van der Waals surface area contributed by atoms with E-state index >= 15 is 0 Å². The Morgan fingerprint density at radius 2 is 0.533 bits per heavy atom. The number of para-hydroxylation sites is 5. The van der Waals surface area contributed by atoms with E-state index in [1.165, 1.54) is 98.4 Å². The Kier molecular flexibility index (Phi) is 12.5. The van der Waals surface area contributed by atoms with E-state index in [0.29, 0.717) is 0 Å². The maximum Gasteiger partial charge on any atom is 0.145 e. The molecule has 0 fully saturated rings. The molecule has 0 unspecified atom stereocenters. The quantitative estimate of drug-likeness (QED) is 0.128. The first-order valence-corrected chi connectivity index (χ1v) is 31.5. The van der Waals surface area contributed by atoms with E-state index < -0.39 is 0 Å². The Hall–Kier alpha value is -12.2. The van der Waals surface area contributed by atoms with Gasteiger partial charge in [0.25, 0.3) is 0 Å². The number of imidazole rings is 2. The van der Waals surface area contributed by atoms with Gasteiger partial charge in [-0.2, -0.15) is 0 Å². The van der Waals surface area contributed by atoms with Crippen molar-refractivity contribution in [3.05, 3.63) is 340 Å². The van der Waals surface area contributed by atoms with Crippen LogP contribution < -0.4 is 0 Å². The molecule has 92 heavy (non-hydrogen) atoms. The van der Waals surface area contributed by atoms with Crippen LogP contribution in [-0.2, 0) is 0 Å². The highest BCUT2D eigenvalue weighted by atomic mass is 15.1. The van der Waals surface area contributed by atoms with Crippen molar-refractivity contribution < 1.29 is 0 Å². The molecule has 18 aromatic rings. The minimum atomic E-state index is 0.908. The SMILES string of the molecule is c1ccc(-c2ccc(-c3c4ccccc4c(-c4ccc(-c5nc6ccccc6n5-c5ccccc5)cc4)c4ccc(-c5ccc6c(-c7cccc8ccccc78)c7ccccc7c(-c7ccc(-n8c(-c9ccccc9)nc9ccccc98)cc7)c6c5)cc34)cc2)cc1. The first-order valence-electron chi connectivity index (χ1n) is 31.5. The molecule has 0 radical (unpaired) electrons. The summed E-state index contributed by atoms with van der Waals surface area (Å²) >= 11 is 0. The van der Waals surface area contributed by atoms with Crippen LogP contribution in [0.5, 0.6) is 0 Å². The van der Waals surface area contributed by atoms with Crippen molar-refractivity contribution in [2.75, 3.05) is 0 Å². The summed E-state index contributed by atoms with van der Waals surface area (Å²) < 4.78 is 4.57. The normalized spacial score (nSPS) is 11.7. The summed E-state index contributed by atoms with van der Waals surface area (Å²) in [5.74, 6) is 1.82. The summed E-state index contributed by atoms with van der Waals surface area (Å²) in [6.07, 6.45) is 0. The largest absolute Gasteiger partial charge is 0.292 e. The maximum atomic E-state index is 5.25. The Labute approximate surface area is 532 Å². The average molecular weight is 1170 g/mol. The van der Waals surface area contributed by atoms with Gasteiger partial charge in [-0.3, -0.25) is 9.13 Å². The Balaban J connectivity index is 0.854. The molecule has 0 saturated carbocycles. The zero-order valence-corrected chi connectivity index (χ0v) is 50.1. The molecular formula is C88H56N4. The molecule has 0 spiro atoms. The zero-order chi connectivity index (χ0) is 60.6. The van der Waals surface area contributed by atoms with E-state index in [-0.39, 0.29) is 0 Å². The smallest absolute Gasteiger partial charge is 0.145 e. The van der Waals surface area contributed by atoms with E-state index in [1.54, 1.807) is 0 Å². The lowest BCUT2D eigenvalue weighted by Crippen LogP contribution is -1.98. The Morgan fingerprint density at radius 3 is 1.08 bits per heavy atom. The highest BCUT2D eigenvalue weighted by Gasteiger charge is 2.23. The van der Waals surface area contributed by atoms with E-state index in [2.05, 4.69) is 349 Å². The van der Waals surface area contributed by atoms with Crippen LogP contribution in [0.15, 0.2) is 340 Å². The molecule has 4 nitrogen and oxygen atoms in total. The lowest BCUT2D eigenvalue weighted by atomic mass is 9.83. The minimum Gasteiger partial charge on any atom is -0.292 e. The van der Waals surface area contributed by atoms with Crippen LogP contribution in [0.3, 0.4) is 0 Å². The fourth-order valence-electron chi connectivity index (χ4n) is 14.5. The van der Waals surface area contributed by atoms with Gasteiger partial charge >= 0.3 is 0 Å². The van der Waals surface area contributed by atoms with Crippen molar-refractivity contribution in [3.8, 4) is 101 Å². The minimum absolute atomic E-state index is 0.908. The molecular weight excluding hydrogens is 1110 g/mol. The predicted molar refractivity (Wildman–Crippen MR) is 387 cm³/mol. The lowest BCUT2D eigenvalue weighted by molar-refractivity contribution is 1.10. The molecule has 0 saturated heterocycles. The van der Waals surface area contributed by atoms with Crippen molar-refractivity contribution in [1.82, 2.24) is 19.1 Å². The molecule has 428 valence electrons. The number of nitrogens with zero attached hydrogens (tertiary/aromatic N) is 4. The van der Waals surface area contributed by atoms with Gasteiger partial charge in [0.15, 0.2) is 0 Å². The second-order valence-electron chi connectivity index (χ2n) is 23.9. The summed E-state index contributed by atoms with van der Waals surface area (Å²) in [5, 5.41) is 12.0. The molecule has 2 heterocycles. The second kappa shape index (κ2) is 21.8. The van der Waals surface area contributed by atoms with E-state index in [0.717, 1.165) is 78.5 Å². The highest BCUT2D eigenvalue weighted by molar-refractivity contribution is 6.25. The highest BCUT2D eigenvalue weighted by Crippen LogP contribution is 2.49. The third kappa shape index (κ3) is 8.76. The topological polar surface area (TPSA) is 35.6 Å². The molecule has 0 bridgehead atoms. The summed E-state index contributed by atoms with van der Waals surface area (Å²) in [5.41, 5.74) is 22.5. The summed E-state index contributed by atoms with van der Waals surface area (Å²) in [4.78, 5) is 10.5. The number of hydrogen-bond acceptors (Lipinski definition) is 2. The van der Waals surface area contributed by atoms with E-state index in [4.69, 9.17) is 9.97 Å². The van der Waals surface area contributed by atoms with E-state index in [9.17, 15) is 0 Å². The van der Waals surface area contributed by atoms with Crippen LogP contribution in [-0.4, -0.2) is 19.1 Å². The molecule has 0 aliphatic carbocycles. The van der Waals surface area contributed by atoms with Gasteiger partial charge in [-0.05, 0) is 181 Å². The molecule has 2 aromatic heterocycles. The van der Waals surface area contributed by atoms with Crippen molar-refractivity contribution in [3.63, 3.8) is 0 Å². The van der Waals surface area contributed by atoms with Crippen LogP contribution in [0.4, 0.5) is 0 Å². The van der Waals surface area contributed by atoms with Crippen LogP contribution in [0, 0.1) is 0 Å². The van der Waals surface area contributed by atoms with Crippen LogP contribution >= 0.6 is 0 Å². The third-order valence-electron chi connectivity index (χ3n) is 18.7. The standard InChI is InChI=1S/C88H56N4/c1-4-21-57(22-5-1)58-39-41-61(42-40-58)84-72-31-13-12-30-71(72)83(60-43-45-64(46-44-60)88-90-79-35-16-18-37-81(79)91(88)67-27-8-3-9-28-67)75-53-49-65(55-77(75)84)66-50-54-76-78(56-66)85(73-32-14-15-33-74(73)86(76)70-34-20-26-59-23-10-11-29-69(59)70)62-47-51-68(52-48-62)92-82-38-19-17-36-80(82)89-87(92)63-24-6-2-7-25-63/h1-56H. The van der Waals surface area contributed by atoms with Crippen molar-refractivity contribution >= 4 is 75.9 Å². The summed E-state index contributed by atoms with van der Waals surface area (Å²) in [7, 11) is 0. The zero-order valence-electron chi connectivity index (χ0n) is 50.1. The lowest BCUT2D eigenvalue weighted by Gasteiger charge is -2.21. The third-order valence-corrected chi connectivity index (χ3v) is 18.7. The molecule has 0 aliphatic rings. The van der Waals surface area contributed by atoms with E-state index in [1.807, 2.05) is 0 Å². The predicted octanol–water partition coefficient (Wildman–Crippen LogP) is 23.5. The number of fused-ring (bicyclic) bond motifs is 7. The molecule has 4 heteroatoms. The molecule has 0 N–H and O–H groups in total. The first kappa shape index (κ1) is 52.8. The fourth-order valence-corrected chi connectivity index (χ4v) is 14.5. The number of rotatable bonds is 10. The van der Waals surface area contributed by atoms with Crippen molar-refractivity contribution in [1.29, 1.82) is 0 Å². The van der Waals surface area contributed by atoms with Crippen molar-refractivity contribution in [2.45, 2.75) is 0 Å². The Bertz CT molecular complexity index is 5880. The molecule has 18 rings (SSSR count). The van der Waals surface area contributed by atoms with Gasteiger partial charge in [0.2, 0.25) is 0 Å². The molecule has 16 aromatic carbocycles. The van der Waals surface area contributed by atoms with Gasteiger partial charge in [0.05, 0.1) is 22.1 Å². The van der Waals surface area contributed by atoms with Gasteiger partial charge in [-0.25, -0.2) is 9.97 Å². The number of hydrogen-bond donors (Lipinski definition) is 0.